The number of aliphatic hydroxyl groups excluding tert-OH is 1. The van der Waals surface area contributed by atoms with Crippen LogP contribution in [0.3, 0.4) is 0 Å². The number of hydrogen-bond acceptors (Lipinski definition) is 9. The van der Waals surface area contributed by atoms with E-state index in [9.17, 15) is 14.7 Å². The van der Waals surface area contributed by atoms with Crippen LogP contribution in [0.15, 0.2) is 89.3 Å². The van der Waals surface area contributed by atoms with Crippen molar-refractivity contribution in [2.45, 2.75) is 35.6 Å². The van der Waals surface area contributed by atoms with Gasteiger partial charge in [-0.15, -0.1) is 10.2 Å². The number of benzene rings is 3. The largest absolute Gasteiger partial charge is 0.507 e. The summed E-state index contributed by atoms with van der Waals surface area (Å²) in [6.07, 6.45) is 2.31. The zero-order valence-electron chi connectivity index (χ0n) is 23.0. The van der Waals surface area contributed by atoms with Crippen molar-refractivity contribution in [1.82, 2.24) is 10.2 Å². The molecular formula is C32H26ClN3O5S2. The van der Waals surface area contributed by atoms with Crippen LogP contribution in [0.4, 0.5) is 5.13 Å². The molecule has 2 atom stereocenters. The Hall–Kier alpha value is -4.12. The average Bonchev–Trinajstić information content (AvgIpc) is 3.70. The Labute approximate surface area is 261 Å². The molecular weight excluding hydrogens is 606 g/mol. The minimum Gasteiger partial charge on any atom is -0.507 e. The predicted octanol–water partition coefficient (Wildman–Crippen LogP) is 7.00. The van der Waals surface area contributed by atoms with Crippen molar-refractivity contribution in [3.8, 4) is 11.5 Å². The highest BCUT2D eigenvalue weighted by Crippen LogP contribution is 2.45. The maximum Gasteiger partial charge on any atom is 0.301 e. The van der Waals surface area contributed by atoms with E-state index in [1.54, 1.807) is 48.5 Å². The van der Waals surface area contributed by atoms with E-state index in [0.717, 1.165) is 16.9 Å². The number of Topliss-reactive ketones (excluding diaryl/α,β-unsaturated/α-hetero) is 1. The lowest BCUT2D eigenvalue weighted by Gasteiger charge is -2.23. The fraction of sp³-hybridized carbons (Fsp3) is 0.188. The molecule has 6 rings (SSSR count). The maximum atomic E-state index is 13.6. The standard InChI is InChI=1S/C32H26ClN3O5S2/c1-3-13-40-23-9-6-8-19(16-23)27-26(28(37)20-11-12-25-22(15-20)14-18(2)41-25)29(38)30(39)36(27)31-34-35-32(43-31)42-17-21-7-4-5-10-24(21)33/h3-12,15-16,18,27,37H,1,13-14,17H2,2H3/t18-,27+/m0/s1. The molecule has 11 heteroatoms. The Morgan fingerprint density at radius 1 is 1.19 bits per heavy atom. The number of anilines is 1. The van der Waals surface area contributed by atoms with Gasteiger partial charge in [0.2, 0.25) is 5.13 Å². The van der Waals surface area contributed by atoms with E-state index in [-0.39, 0.29) is 29.2 Å². The number of thioether (sulfide) groups is 1. The molecule has 218 valence electrons. The second-order valence-corrected chi connectivity index (χ2v) is 12.6. The number of rotatable bonds is 9. The summed E-state index contributed by atoms with van der Waals surface area (Å²) in [5.41, 5.74) is 2.81. The van der Waals surface area contributed by atoms with Crippen molar-refractivity contribution in [3.63, 3.8) is 0 Å². The van der Waals surface area contributed by atoms with Crippen LogP contribution in [0.5, 0.6) is 11.5 Å². The first kappa shape index (κ1) is 29.0. The SMILES string of the molecule is C=CCOc1cccc([C@@H]2C(=C(O)c3ccc4c(c3)C[C@H](C)O4)C(=O)C(=O)N2c2nnc(SCc3ccccc3Cl)s2)c1. The topological polar surface area (TPSA) is 102 Å². The molecule has 0 bridgehead atoms. The van der Waals surface area contributed by atoms with Crippen LogP contribution in [0.25, 0.3) is 5.76 Å². The average molecular weight is 632 g/mol. The molecule has 0 spiro atoms. The first-order chi connectivity index (χ1) is 20.8. The summed E-state index contributed by atoms with van der Waals surface area (Å²) in [7, 11) is 0. The fourth-order valence-electron chi connectivity index (χ4n) is 5.11. The smallest absolute Gasteiger partial charge is 0.301 e. The molecule has 0 radical (unpaired) electrons. The lowest BCUT2D eigenvalue weighted by atomic mass is 9.94. The molecule has 3 aromatic carbocycles. The van der Waals surface area contributed by atoms with E-state index >= 15 is 0 Å². The van der Waals surface area contributed by atoms with E-state index in [4.69, 9.17) is 21.1 Å². The zero-order chi connectivity index (χ0) is 30.1. The van der Waals surface area contributed by atoms with E-state index < -0.39 is 17.7 Å². The van der Waals surface area contributed by atoms with Crippen molar-refractivity contribution < 1.29 is 24.2 Å². The predicted molar refractivity (Wildman–Crippen MR) is 168 cm³/mol. The number of amides is 1. The number of aromatic nitrogens is 2. The Bertz CT molecular complexity index is 1770. The Morgan fingerprint density at radius 2 is 2.02 bits per heavy atom. The first-order valence-corrected chi connectivity index (χ1v) is 15.7. The van der Waals surface area contributed by atoms with Crippen LogP contribution in [0, 0.1) is 0 Å². The van der Waals surface area contributed by atoms with E-state index in [1.807, 2.05) is 31.2 Å². The minimum absolute atomic E-state index is 0.0127. The van der Waals surface area contributed by atoms with Gasteiger partial charge in [-0.2, -0.15) is 0 Å². The van der Waals surface area contributed by atoms with Crippen molar-refractivity contribution >= 4 is 57.3 Å². The lowest BCUT2D eigenvalue weighted by Crippen LogP contribution is -2.29. The summed E-state index contributed by atoms with van der Waals surface area (Å²) in [4.78, 5) is 28.6. The molecule has 2 aliphatic heterocycles. The van der Waals surface area contributed by atoms with Gasteiger partial charge in [0.05, 0.1) is 11.6 Å². The Morgan fingerprint density at radius 3 is 2.84 bits per heavy atom. The van der Waals surface area contributed by atoms with Crippen molar-refractivity contribution in [2.24, 2.45) is 0 Å². The van der Waals surface area contributed by atoms with Gasteiger partial charge in [-0.1, -0.05) is 77.7 Å². The fourth-order valence-corrected chi connectivity index (χ4v) is 7.27. The van der Waals surface area contributed by atoms with Crippen LogP contribution in [0.1, 0.15) is 35.2 Å². The second kappa shape index (κ2) is 12.2. The zero-order valence-corrected chi connectivity index (χ0v) is 25.4. The summed E-state index contributed by atoms with van der Waals surface area (Å²) in [6, 6.07) is 18.9. The first-order valence-electron chi connectivity index (χ1n) is 13.5. The summed E-state index contributed by atoms with van der Waals surface area (Å²) in [6.45, 7) is 5.94. The number of carbonyl (C=O) groups is 2. The van der Waals surface area contributed by atoms with E-state index in [0.29, 0.717) is 38.4 Å². The molecule has 3 heterocycles. The number of carbonyl (C=O) groups excluding carboxylic acids is 2. The molecule has 1 aromatic heterocycles. The number of nitrogens with zero attached hydrogens (tertiary/aromatic N) is 3. The lowest BCUT2D eigenvalue weighted by molar-refractivity contribution is -0.132. The normalized spacial score (nSPS) is 18.9. The number of fused-ring (bicyclic) bond motifs is 1. The van der Waals surface area contributed by atoms with Crippen LogP contribution in [-0.4, -0.2) is 39.7 Å². The van der Waals surface area contributed by atoms with Crippen LogP contribution >= 0.6 is 34.7 Å². The maximum absolute atomic E-state index is 13.6. The molecule has 0 aliphatic carbocycles. The van der Waals surface area contributed by atoms with Gasteiger partial charge in [-0.25, -0.2) is 0 Å². The molecule has 0 unspecified atom stereocenters. The summed E-state index contributed by atoms with van der Waals surface area (Å²) in [5, 5.41) is 21.1. The van der Waals surface area contributed by atoms with Gasteiger partial charge in [0.25, 0.3) is 5.78 Å². The molecule has 2 aliphatic rings. The Kier molecular flexibility index (Phi) is 8.25. The number of hydrogen-bond donors (Lipinski definition) is 1. The van der Waals surface area contributed by atoms with Crippen LogP contribution in [0.2, 0.25) is 5.02 Å². The highest BCUT2D eigenvalue weighted by Gasteiger charge is 2.48. The van der Waals surface area contributed by atoms with Gasteiger partial charge >= 0.3 is 5.91 Å². The minimum atomic E-state index is -0.968. The van der Waals surface area contributed by atoms with Gasteiger partial charge in [-0.05, 0) is 60.0 Å². The molecule has 0 saturated carbocycles. The van der Waals surface area contributed by atoms with Gasteiger partial charge in [0.15, 0.2) is 4.34 Å². The van der Waals surface area contributed by atoms with Crippen molar-refractivity contribution in [3.05, 3.63) is 112 Å². The quantitative estimate of drug-likeness (QED) is 0.0526. The van der Waals surface area contributed by atoms with Crippen LogP contribution < -0.4 is 14.4 Å². The van der Waals surface area contributed by atoms with E-state index in [2.05, 4.69) is 16.8 Å². The third-order valence-corrected chi connectivity index (χ3v) is 9.54. The highest BCUT2D eigenvalue weighted by molar-refractivity contribution is 8.00. The van der Waals surface area contributed by atoms with Crippen molar-refractivity contribution in [2.75, 3.05) is 11.5 Å². The molecule has 1 saturated heterocycles. The van der Waals surface area contributed by atoms with Gasteiger partial charge < -0.3 is 14.6 Å². The van der Waals surface area contributed by atoms with Crippen LogP contribution in [-0.2, 0) is 21.8 Å². The monoisotopic (exact) mass is 631 g/mol. The number of ketones is 1. The second-order valence-electron chi connectivity index (χ2n) is 10.0. The van der Waals surface area contributed by atoms with Gasteiger partial charge in [0, 0.05) is 22.8 Å². The summed E-state index contributed by atoms with van der Waals surface area (Å²) in [5.74, 6) is -0.0709. The molecule has 43 heavy (non-hydrogen) atoms. The number of ether oxygens (including phenoxy) is 2. The number of aliphatic hydroxyl groups is 1. The molecule has 8 nitrogen and oxygen atoms in total. The summed E-state index contributed by atoms with van der Waals surface area (Å²) >= 11 is 8.93. The third kappa shape index (κ3) is 5.78. The molecule has 1 amide bonds. The third-order valence-electron chi connectivity index (χ3n) is 7.07. The molecule has 1 N–H and O–H groups in total. The molecule has 1 fully saturated rings. The van der Waals surface area contributed by atoms with Gasteiger partial charge in [-0.3, -0.25) is 14.5 Å². The Balaban J connectivity index is 1.40. The van der Waals surface area contributed by atoms with Gasteiger partial charge in [0.1, 0.15) is 30.0 Å². The molecule has 4 aromatic rings. The van der Waals surface area contributed by atoms with E-state index in [1.165, 1.54) is 28.0 Å². The number of halogens is 1. The van der Waals surface area contributed by atoms with Crippen molar-refractivity contribution in [1.29, 1.82) is 0 Å². The highest BCUT2D eigenvalue weighted by atomic mass is 35.5. The summed E-state index contributed by atoms with van der Waals surface area (Å²) < 4.78 is 12.1.